The van der Waals surface area contributed by atoms with E-state index in [1.807, 2.05) is 35.2 Å². The van der Waals surface area contributed by atoms with Crippen molar-refractivity contribution < 1.29 is 14.3 Å². The van der Waals surface area contributed by atoms with Gasteiger partial charge in [0.15, 0.2) is 0 Å². The predicted octanol–water partition coefficient (Wildman–Crippen LogP) is 2.79. The van der Waals surface area contributed by atoms with E-state index in [1.165, 1.54) is 0 Å². The monoisotopic (exact) mass is 301 g/mol. The summed E-state index contributed by atoms with van der Waals surface area (Å²) in [5.41, 5.74) is 0.485. The van der Waals surface area contributed by atoms with E-state index in [4.69, 9.17) is 9.47 Å². The van der Waals surface area contributed by atoms with Crippen LogP contribution in [0.2, 0.25) is 0 Å². The summed E-state index contributed by atoms with van der Waals surface area (Å²) < 4.78 is 12.1. The summed E-state index contributed by atoms with van der Waals surface area (Å²) in [7, 11) is 0. The van der Waals surface area contributed by atoms with Crippen LogP contribution in [0.3, 0.4) is 0 Å². The maximum Gasteiger partial charge on any atom is 0.248 e. The minimum Gasteiger partial charge on any atom is -0.488 e. The minimum atomic E-state index is -0.120. The average molecular weight is 301 g/mol. The summed E-state index contributed by atoms with van der Waals surface area (Å²) in [5, 5.41) is 0. The normalized spacial score (nSPS) is 23.5. The Hall–Kier alpha value is -1.81. The topological polar surface area (TPSA) is 38.8 Å². The lowest BCUT2D eigenvalue weighted by Crippen LogP contribution is -2.46. The maximum absolute atomic E-state index is 12.0. The van der Waals surface area contributed by atoms with Crippen LogP contribution in [0.25, 0.3) is 0 Å². The third-order valence-electron chi connectivity index (χ3n) is 4.55. The summed E-state index contributed by atoms with van der Waals surface area (Å²) in [6.07, 6.45) is 2.75. The second kappa shape index (κ2) is 6.13. The molecule has 2 aliphatic heterocycles. The van der Waals surface area contributed by atoms with Gasteiger partial charge in [-0.1, -0.05) is 24.8 Å². The number of carbonyl (C=O) groups is 1. The fraction of sp³-hybridized carbons (Fsp3) is 0.500. The van der Waals surface area contributed by atoms with E-state index in [2.05, 4.69) is 6.58 Å². The van der Waals surface area contributed by atoms with Crippen LogP contribution in [0, 0.1) is 0 Å². The van der Waals surface area contributed by atoms with Crippen LogP contribution in [-0.4, -0.2) is 42.2 Å². The van der Waals surface area contributed by atoms with Crippen LogP contribution in [0.4, 0.5) is 0 Å². The number of benzene rings is 1. The number of likely N-dealkylation sites (tertiary alicyclic amines) is 1. The lowest BCUT2D eigenvalue weighted by Gasteiger charge is -2.38. The van der Waals surface area contributed by atoms with E-state index in [0.29, 0.717) is 12.2 Å². The molecule has 2 aliphatic rings. The third-order valence-corrected chi connectivity index (χ3v) is 4.55. The Labute approximate surface area is 131 Å². The van der Waals surface area contributed by atoms with Gasteiger partial charge in [-0.3, -0.25) is 4.79 Å². The first-order valence-electron chi connectivity index (χ1n) is 7.88. The molecule has 4 heteroatoms. The van der Waals surface area contributed by atoms with Gasteiger partial charge in [0.25, 0.3) is 0 Å². The molecule has 22 heavy (non-hydrogen) atoms. The van der Waals surface area contributed by atoms with Gasteiger partial charge in [0.1, 0.15) is 11.9 Å². The molecule has 1 aromatic rings. The minimum absolute atomic E-state index is 0.0601. The van der Waals surface area contributed by atoms with Gasteiger partial charge >= 0.3 is 0 Å². The first-order chi connectivity index (χ1) is 10.6. The van der Waals surface area contributed by atoms with Gasteiger partial charge in [0.2, 0.25) is 5.91 Å². The smallest absolute Gasteiger partial charge is 0.248 e. The maximum atomic E-state index is 12.0. The first-order valence-corrected chi connectivity index (χ1v) is 7.88. The highest BCUT2D eigenvalue weighted by Gasteiger charge is 2.44. The van der Waals surface area contributed by atoms with Crippen molar-refractivity contribution in [3.05, 3.63) is 42.5 Å². The molecule has 3 rings (SSSR count). The lowest BCUT2D eigenvalue weighted by atomic mass is 9.87. The molecular weight excluding hydrogens is 278 g/mol. The number of piperidine rings is 1. The van der Waals surface area contributed by atoms with Gasteiger partial charge < -0.3 is 14.4 Å². The molecule has 118 valence electrons. The predicted molar refractivity (Wildman–Crippen MR) is 84.8 cm³/mol. The van der Waals surface area contributed by atoms with Gasteiger partial charge in [0, 0.05) is 25.1 Å². The van der Waals surface area contributed by atoms with Crippen LogP contribution in [0.15, 0.2) is 42.5 Å². The van der Waals surface area contributed by atoms with Crippen molar-refractivity contribution in [3.63, 3.8) is 0 Å². The largest absolute Gasteiger partial charge is 0.488 e. The lowest BCUT2D eigenvalue weighted by molar-refractivity contribution is -0.131. The molecule has 2 fully saturated rings. The number of ether oxygens (including phenoxy) is 2. The number of rotatable bonds is 3. The summed E-state index contributed by atoms with van der Waals surface area (Å²) in [6.45, 7) is 7.61. The third kappa shape index (κ3) is 3.17. The molecule has 1 amide bonds. The van der Waals surface area contributed by atoms with Crippen LogP contribution in [0.1, 0.15) is 26.2 Å². The molecule has 4 nitrogen and oxygen atoms in total. The van der Waals surface area contributed by atoms with E-state index < -0.39 is 0 Å². The highest BCUT2D eigenvalue weighted by atomic mass is 16.6. The van der Waals surface area contributed by atoms with Crippen molar-refractivity contribution in [1.82, 2.24) is 4.90 Å². The Balaban J connectivity index is 1.55. The summed E-state index contributed by atoms with van der Waals surface area (Å²) in [5.74, 6) is 0.952. The zero-order chi connectivity index (χ0) is 15.6. The Morgan fingerprint density at radius 3 is 2.64 bits per heavy atom. The van der Waals surface area contributed by atoms with Gasteiger partial charge in [-0.2, -0.15) is 0 Å². The Bertz CT molecular complexity index is 547. The molecule has 0 aliphatic carbocycles. The van der Waals surface area contributed by atoms with Crippen molar-refractivity contribution in [2.75, 3.05) is 19.7 Å². The Kier molecular flexibility index (Phi) is 4.21. The van der Waals surface area contributed by atoms with Crippen molar-refractivity contribution in [3.8, 4) is 5.75 Å². The van der Waals surface area contributed by atoms with Crippen LogP contribution >= 0.6 is 0 Å². The van der Waals surface area contributed by atoms with Gasteiger partial charge in [-0.05, 0) is 31.9 Å². The molecule has 1 unspecified atom stereocenters. The molecule has 0 saturated carbocycles. The molecule has 0 aromatic heterocycles. The van der Waals surface area contributed by atoms with Crippen molar-refractivity contribution in [2.45, 2.75) is 37.9 Å². The number of hydrogen-bond acceptors (Lipinski definition) is 3. The first kappa shape index (κ1) is 15.1. The standard InChI is InChI=1S/C18H23NO3/c1-14(2)17(20)19-10-8-18(9-11-19)12-16(13-21-18)22-15-6-4-3-5-7-15/h3-7,16H,1,8-13H2,2H3. The van der Waals surface area contributed by atoms with Crippen molar-refractivity contribution in [1.29, 1.82) is 0 Å². The zero-order valence-corrected chi connectivity index (χ0v) is 13.1. The number of nitrogens with zero attached hydrogens (tertiary/aromatic N) is 1. The molecule has 0 radical (unpaired) electrons. The summed E-state index contributed by atoms with van der Waals surface area (Å²) in [6, 6.07) is 9.87. The van der Waals surface area contributed by atoms with Crippen molar-refractivity contribution in [2.24, 2.45) is 0 Å². The van der Waals surface area contributed by atoms with Gasteiger partial charge in [-0.15, -0.1) is 0 Å². The highest BCUT2D eigenvalue weighted by Crippen LogP contribution is 2.37. The Morgan fingerprint density at radius 2 is 2.00 bits per heavy atom. The number of amides is 1. The molecule has 2 saturated heterocycles. The van der Waals surface area contributed by atoms with Crippen molar-refractivity contribution >= 4 is 5.91 Å². The highest BCUT2D eigenvalue weighted by molar-refractivity contribution is 5.92. The van der Waals surface area contributed by atoms with Crippen LogP contribution in [-0.2, 0) is 9.53 Å². The zero-order valence-electron chi connectivity index (χ0n) is 13.1. The number of carbonyl (C=O) groups excluding carboxylic acids is 1. The van der Waals surface area contributed by atoms with E-state index in [9.17, 15) is 4.79 Å². The molecule has 0 N–H and O–H groups in total. The fourth-order valence-electron chi connectivity index (χ4n) is 3.31. The molecule has 1 spiro atoms. The van der Waals surface area contributed by atoms with E-state index >= 15 is 0 Å². The molecular formula is C18H23NO3. The average Bonchev–Trinajstić information content (AvgIpc) is 2.91. The molecule has 0 bridgehead atoms. The van der Waals surface area contributed by atoms with Crippen LogP contribution < -0.4 is 4.74 Å². The SMILES string of the molecule is C=C(C)C(=O)N1CCC2(CC1)CC(Oc1ccccc1)CO2. The van der Waals surface area contributed by atoms with E-state index in [1.54, 1.807) is 6.92 Å². The fourth-order valence-corrected chi connectivity index (χ4v) is 3.31. The summed E-state index contributed by atoms with van der Waals surface area (Å²) in [4.78, 5) is 13.8. The van der Waals surface area contributed by atoms with E-state index in [0.717, 1.165) is 38.1 Å². The van der Waals surface area contributed by atoms with E-state index in [-0.39, 0.29) is 17.6 Å². The molecule has 1 aromatic carbocycles. The van der Waals surface area contributed by atoms with Gasteiger partial charge in [0.05, 0.1) is 12.2 Å². The number of para-hydroxylation sites is 1. The second-order valence-corrected chi connectivity index (χ2v) is 6.32. The Morgan fingerprint density at radius 1 is 1.32 bits per heavy atom. The van der Waals surface area contributed by atoms with Gasteiger partial charge in [-0.25, -0.2) is 0 Å². The second-order valence-electron chi connectivity index (χ2n) is 6.32. The number of hydrogen-bond donors (Lipinski definition) is 0. The molecule has 1 atom stereocenters. The summed E-state index contributed by atoms with van der Waals surface area (Å²) >= 11 is 0. The van der Waals surface area contributed by atoms with Crippen LogP contribution in [0.5, 0.6) is 5.75 Å². The molecule has 2 heterocycles. The quantitative estimate of drug-likeness (QED) is 0.806.